The summed E-state index contributed by atoms with van der Waals surface area (Å²) in [5.74, 6) is -0.262. The number of aromatic amines is 1. The molecule has 2 aromatic heterocycles. The first kappa shape index (κ1) is 19.4. The van der Waals surface area contributed by atoms with Crippen LogP contribution in [0.3, 0.4) is 0 Å². The number of rotatable bonds is 5. The molecule has 0 spiro atoms. The molecule has 0 bridgehead atoms. The van der Waals surface area contributed by atoms with E-state index < -0.39 is 5.82 Å². The molecule has 32 heavy (non-hydrogen) atoms. The van der Waals surface area contributed by atoms with Gasteiger partial charge in [-0.2, -0.15) is 10.1 Å². The number of aromatic nitrogens is 4. The van der Waals surface area contributed by atoms with Crippen LogP contribution in [0.2, 0.25) is 0 Å². The molecule has 8 heteroatoms. The Morgan fingerprint density at radius 2 is 1.56 bits per heavy atom. The number of hydrogen-bond donors (Lipinski definition) is 1. The second kappa shape index (κ2) is 7.92. The average Bonchev–Trinajstić information content (AvgIpc) is 3.25. The van der Waals surface area contributed by atoms with Crippen LogP contribution >= 0.6 is 0 Å². The van der Waals surface area contributed by atoms with E-state index in [0.29, 0.717) is 27.9 Å². The summed E-state index contributed by atoms with van der Waals surface area (Å²) in [4.78, 5) is 32.0. The smallest absolute Gasteiger partial charge is 0.304 e. The zero-order valence-electron chi connectivity index (χ0n) is 16.5. The summed E-state index contributed by atoms with van der Waals surface area (Å²) >= 11 is 0. The van der Waals surface area contributed by atoms with E-state index in [1.165, 1.54) is 30.5 Å². The van der Waals surface area contributed by atoms with Gasteiger partial charge in [0.05, 0.1) is 11.9 Å². The SMILES string of the molecule is O=C(c1ccc(F)cc1)c1ccc(Oc2nc3c(cnn3-c3ccccc3)c(=O)[nH]2)cc1. The maximum atomic E-state index is 13.1. The molecule has 3 aromatic carbocycles. The van der Waals surface area contributed by atoms with Crippen molar-refractivity contribution in [3.05, 3.63) is 112 Å². The highest BCUT2D eigenvalue weighted by Gasteiger charge is 2.13. The van der Waals surface area contributed by atoms with Crippen molar-refractivity contribution in [3.8, 4) is 17.4 Å². The molecule has 0 fully saturated rings. The molecule has 0 aliphatic carbocycles. The van der Waals surface area contributed by atoms with E-state index in [-0.39, 0.29) is 17.4 Å². The van der Waals surface area contributed by atoms with E-state index in [9.17, 15) is 14.0 Å². The molecule has 0 amide bonds. The number of hydrogen-bond acceptors (Lipinski definition) is 5. The van der Waals surface area contributed by atoms with Crippen molar-refractivity contribution in [3.63, 3.8) is 0 Å². The Bertz CT molecular complexity index is 1470. The van der Waals surface area contributed by atoms with E-state index in [1.54, 1.807) is 28.9 Å². The van der Waals surface area contributed by atoms with Crippen molar-refractivity contribution in [2.75, 3.05) is 0 Å². The summed E-state index contributed by atoms with van der Waals surface area (Å²) in [6.07, 6.45) is 1.45. The highest BCUT2D eigenvalue weighted by molar-refractivity contribution is 6.09. The Morgan fingerprint density at radius 1 is 0.906 bits per heavy atom. The van der Waals surface area contributed by atoms with Crippen LogP contribution in [0.4, 0.5) is 4.39 Å². The highest BCUT2D eigenvalue weighted by atomic mass is 19.1. The summed E-state index contributed by atoms with van der Waals surface area (Å²) in [6, 6.07) is 21.0. The van der Waals surface area contributed by atoms with Crippen LogP contribution < -0.4 is 10.3 Å². The third-order valence-electron chi connectivity index (χ3n) is 4.85. The molecule has 0 radical (unpaired) electrons. The molecule has 0 unspecified atom stereocenters. The summed E-state index contributed by atoms with van der Waals surface area (Å²) < 4.78 is 20.3. The molecule has 0 aliphatic rings. The van der Waals surface area contributed by atoms with Crippen molar-refractivity contribution < 1.29 is 13.9 Å². The first-order valence-corrected chi connectivity index (χ1v) is 9.70. The van der Waals surface area contributed by atoms with Crippen LogP contribution in [0.25, 0.3) is 16.7 Å². The third kappa shape index (κ3) is 3.65. The minimum atomic E-state index is -0.405. The van der Waals surface area contributed by atoms with Gasteiger partial charge >= 0.3 is 6.01 Å². The number of nitrogens with one attached hydrogen (secondary N) is 1. The largest absolute Gasteiger partial charge is 0.426 e. The van der Waals surface area contributed by atoms with Crippen molar-refractivity contribution in [1.82, 2.24) is 19.7 Å². The average molecular weight is 426 g/mol. The fourth-order valence-corrected chi connectivity index (χ4v) is 3.26. The fourth-order valence-electron chi connectivity index (χ4n) is 3.26. The Morgan fingerprint density at radius 3 is 2.25 bits per heavy atom. The molecule has 0 aliphatic heterocycles. The zero-order chi connectivity index (χ0) is 22.1. The van der Waals surface area contributed by atoms with Gasteiger partial charge in [-0.3, -0.25) is 14.6 Å². The third-order valence-corrected chi connectivity index (χ3v) is 4.85. The van der Waals surface area contributed by atoms with Crippen molar-refractivity contribution in [1.29, 1.82) is 0 Å². The van der Waals surface area contributed by atoms with Gasteiger partial charge in [0.2, 0.25) is 0 Å². The molecule has 1 N–H and O–H groups in total. The van der Waals surface area contributed by atoms with Crippen molar-refractivity contribution >= 4 is 16.8 Å². The van der Waals surface area contributed by atoms with Crippen LogP contribution in [-0.2, 0) is 0 Å². The highest BCUT2D eigenvalue weighted by Crippen LogP contribution is 2.21. The summed E-state index contributed by atoms with van der Waals surface area (Å²) in [6.45, 7) is 0. The summed E-state index contributed by atoms with van der Waals surface area (Å²) in [5, 5.41) is 4.59. The maximum absolute atomic E-state index is 13.1. The van der Waals surface area contributed by atoms with Crippen LogP contribution in [0.1, 0.15) is 15.9 Å². The molecule has 0 atom stereocenters. The minimum Gasteiger partial charge on any atom is -0.426 e. The Labute approximate surface area is 180 Å². The van der Waals surface area contributed by atoms with Gasteiger partial charge in [-0.25, -0.2) is 9.07 Å². The van der Waals surface area contributed by atoms with Gasteiger partial charge in [-0.05, 0) is 60.7 Å². The van der Waals surface area contributed by atoms with E-state index in [0.717, 1.165) is 5.69 Å². The number of para-hydroxylation sites is 1. The number of halogens is 1. The zero-order valence-corrected chi connectivity index (χ0v) is 16.5. The Kier molecular flexibility index (Phi) is 4.79. The van der Waals surface area contributed by atoms with E-state index in [2.05, 4.69) is 15.1 Å². The topological polar surface area (TPSA) is 89.9 Å². The maximum Gasteiger partial charge on any atom is 0.304 e. The van der Waals surface area contributed by atoms with E-state index in [4.69, 9.17) is 4.74 Å². The molecular formula is C24H15FN4O3. The number of nitrogens with zero attached hydrogens (tertiary/aromatic N) is 3. The molecule has 156 valence electrons. The van der Waals surface area contributed by atoms with Crippen molar-refractivity contribution in [2.24, 2.45) is 0 Å². The minimum absolute atomic E-state index is 0.00204. The first-order valence-electron chi connectivity index (χ1n) is 9.70. The van der Waals surface area contributed by atoms with Gasteiger partial charge in [-0.1, -0.05) is 18.2 Å². The van der Waals surface area contributed by atoms with E-state index in [1.807, 2.05) is 30.3 Å². The molecule has 7 nitrogen and oxygen atoms in total. The number of benzene rings is 3. The lowest BCUT2D eigenvalue weighted by molar-refractivity contribution is 0.103. The van der Waals surface area contributed by atoms with Crippen LogP contribution in [0, 0.1) is 5.82 Å². The van der Waals surface area contributed by atoms with Gasteiger partial charge in [0.1, 0.15) is 17.0 Å². The van der Waals surface area contributed by atoms with Gasteiger partial charge in [0, 0.05) is 11.1 Å². The van der Waals surface area contributed by atoms with Crippen LogP contribution in [0.5, 0.6) is 11.8 Å². The normalized spacial score (nSPS) is 10.9. The Hall–Kier alpha value is -4.59. The molecule has 0 saturated heterocycles. The fraction of sp³-hybridized carbons (Fsp3) is 0. The molecule has 5 rings (SSSR count). The Balaban J connectivity index is 1.42. The lowest BCUT2D eigenvalue weighted by atomic mass is 10.0. The summed E-state index contributed by atoms with van der Waals surface area (Å²) in [7, 11) is 0. The second-order valence-corrected chi connectivity index (χ2v) is 6.96. The number of carbonyl (C=O) groups excluding carboxylic acids is 1. The van der Waals surface area contributed by atoms with Crippen LogP contribution in [0.15, 0.2) is 89.9 Å². The monoisotopic (exact) mass is 426 g/mol. The number of ketones is 1. The van der Waals surface area contributed by atoms with Gasteiger partial charge in [0.15, 0.2) is 11.4 Å². The number of ether oxygens (including phenoxy) is 1. The van der Waals surface area contributed by atoms with E-state index >= 15 is 0 Å². The molecule has 0 saturated carbocycles. The predicted octanol–water partition coefficient (Wildman–Crippen LogP) is 4.27. The second-order valence-electron chi connectivity index (χ2n) is 6.96. The van der Waals surface area contributed by atoms with Gasteiger partial charge in [0.25, 0.3) is 5.56 Å². The van der Waals surface area contributed by atoms with Gasteiger partial charge < -0.3 is 4.74 Å². The number of fused-ring (bicyclic) bond motifs is 1. The first-order chi connectivity index (χ1) is 15.6. The lowest BCUT2D eigenvalue weighted by Crippen LogP contribution is -2.10. The number of carbonyl (C=O) groups is 1. The molecule has 2 heterocycles. The van der Waals surface area contributed by atoms with Crippen LogP contribution in [-0.4, -0.2) is 25.5 Å². The molecular weight excluding hydrogens is 411 g/mol. The predicted molar refractivity (Wildman–Crippen MR) is 116 cm³/mol. The summed E-state index contributed by atoms with van der Waals surface area (Å²) in [5.41, 5.74) is 1.54. The standard InChI is InChI=1S/C24H15FN4O3/c25-17-10-6-15(7-11-17)21(30)16-8-12-19(13-9-16)32-24-27-22-20(23(31)28-24)14-26-29(22)18-4-2-1-3-5-18/h1-14H,(H,27,28,31). The molecule has 5 aromatic rings. The lowest BCUT2D eigenvalue weighted by Gasteiger charge is -2.07. The van der Waals surface area contributed by atoms with Crippen molar-refractivity contribution in [2.45, 2.75) is 0 Å². The number of H-pyrrole nitrogens is 1. The quantitative estimate of drug-likeness (QED) is 0.424. The van der Waals surface area contributed by atoms with Gasteiger partial charge in [-0.15, -0.1) is 0 Å².